The zero-order chi connectivity index (χ0) is 23.7. The summed E-state index contributed by atoms with van der Waals surface area (Å²) in [5, 5.41) is 20.7. The second-order valence-corrected chi connectivity index (χ2v) is 7.50. The highest BCUT2D eigenvalue weighted by atomic mass is 16.6. The number of hydrogen-bond donors (Lipinski definition) is 4. The third-order valence-electron chi connectivity index (χ3n) is 5.45. The van der Waals surface area contributed by atoms with Gasteiger partial charge in [0.1, 0.15) is 24.0 Å². The van der Waals surface area contributed by atoms with Crippen molar-refractivity contribution in [3.8, 4) is 0 Å². The van der Waals surface area contributed by atoms with Crippen molar-refractivity contribution < 1.29 is 29.3 Å². The smallest absolute Gasteiger partial charge is 0.335 e. The number of imidazole rings is 1. The Morgan fingerprint density at radius 1 is 1.24 bits per heavy atom. The van der Waals surface area contributed by atoms with E-state index in [1.165, 1.54) is 17.2 Å². The van der Waals surface area contributed by atoms with Crippen molar-refractivity contribution in [3.63, 3.8) is 0 Å². The van der Waals surface area contributed by atoms with Crippen LogP contribution in [0, 0.1) is 0 Å². The summed E-state index contributed by atoms with van der Waals surface area (Å²) in [6.45, 7) is 0. The first-order valence-electron chi connectivity index (χ1n) is 9.89. The lowest BCUT2D eigenvalue weighted by molar-refractivity contribution is -0.156. The molecule has 0 aliphatic carbocycles. The molecule has 13 heteroatoms. The van der Waals surface area contributed by atoms with Gasteiger partial charge in [-0.1, -0.05) is 30.3 Å². The van der Waals surface area contributed by atoms with E-state index in [1.807, 2.05) is 0 Å². The van der Waals surface area contributed by atoms with Crippen LogP contribution in [-0.2, 0) is 25.5 Å². The zero-order valence-electron chi connectivity index (χ0n) is 17.1. The lowest BCUT2D eigenvalue weighted by Crippen LogP contribution is -2.56. The molecular weight excluding hydrogens is 434 g/mol. The number of aliphatic carboxylic acids is 1. The van der Waals surface area contributed by atoms with E-state index in [1.54, 1.807) is 30.3 Å². The normalized spacial score (nSPS) is 23.3. The summed E-state index contributed by atoms with van der Waals surface area (Å²) in [7, 11) is 0. The van der Waals surface area contributed by atoms with Gasteiger partial charge in [-0.05, 0) is 12.0 Å². The molecule has 1 fully saturated rings. The number of rotatable bonds is 7. The Morgan fingerprint density at radius 3 is 2.64 bits per heavy atom. The van der Waals surface area contributed by atoms with E-state index in [0.717, 1.165) is 5.56 Å². The molecule has 2 aromatic heterocycles. The van der Waals surface area contributed by atoms with Crippen molar-refractivity contribution >= 4 is 35.3 Å². The lowest BCUT2D eigenvalue weighted by Gasteiger charge is -2.29. The predicted molar refractivity (Wildman–Crippen MR) is 112 cm³/mol. The van der Waals surface area contributed by atoms with Gasteiger partial charge >= 0.3 is 5.97 Å². The van der Waals surface area contributed by atoms with Crippen LogP contribution in [0.3, 0.4) is 0 Å². The molecule has 4 rings (SSSR count). The standard InChI is InChI=1S/C20H21N7O6/c21-11(6-10-4-2-1-3-5-10)18(30)27(9-28)13-14(29)19(33-15(13)20(31)32)26-8-25-12-16(22)23-7-24-17(12)26/h1-5,7-9,11,13-15,19,29H,6,21H2,(H,31,32)(H2,22,23,24)/t11-,13-,14+,15-,19-/m0/s1. The maximum Gasteiger partial charge on any atom is 0.335 e. The van der Waals surface area contributed by atoms with Gasteiger partial charge in [-0.15, -0.1) is 0 Å². The molecular formula is C20H21N7O6. The quantitative estimate of drug-likeness (QED) is 0.308. The van der Waals surface area contributed by atoms with E-state index in [2.05, 4.69) is 15.0 Å². The molecule has 0 spiro atoms. The van der Waals surface area contributed by atoms with Crippen LogP contribution in [0.15, 0.2) is 43.0 Å². The Bertz CT molecular complexity index is 1190. The summed E-state index contributed by atoms with van der Waals surface area (Å²) in [4.78, 5) is 49.3. The third kappa shape index (κ3) is 4.00. The number of benzene rings is 1. The van der Waals surface area contributed by atoms with Crippen LogP contribution in [0.2, 0.25) is 0 Å². The van der Waals surface area contributed by atoms with Gasteiger partial charge in [-0.3, -0.25) is 19.1 Å². The van der Waals surface area contributed by atoms with Crippen LogP contribution in [0.1, 0.15) is 11.8 Å². The SMILES string of the molecule is Nc1ncnc2c1ncn2[C@H]1O[C@H](C(=O)O)[C@@H](N(C=O)C(=O)[C@@H](N)Cc2ccccc2)[C@H]1O. The van der Waals surface area contributed by atoms with Crippen molar-refractivity contribution in [1.82, 2.24) is 24.4 Å². The summed E-state index contributed by atoms with van der Waals surface area (Å²) in [6.07, 6.45) is -1.99. The molecule has 0 radical (unpaired) electrons. The largest absolute Gasteiger partial charge is 0.479 e. The van der Waals surface area contributed by atoms with Crippen LogP contribution in [0.4, 0.5) is 5.82 Å². The second kappa shape index (κ2) is 8.90. The molecule has 172 valence electrons. The zero-order valence-corrected chi connectivity index (χ0v) is 17.1. The van der Waals surface area contributed by atoms with Crippen LogP contribution in [-0.4, -0.2) is 77.2 Å². The summed E-state index contributed by atoms with van der Waals surface area (Å²) < 4.78 is 6.82. The fourth-order valence-electron chi connectivity index (χ4n) is 3.88. The van der Waals surface area contributed by atoms with Gasteiger partial charge in [0.2, 0.25) is 12.3 Å². The summed E-state index contributed by atoms with van der Waals surface area (Å²) in [5.41, 5.74) is 12.9. The number of ether oxygens (including phenoxy) is 1. The number of fused-ring (bicyclic) bond motifs is 1. The maximum absolute atomic E-state index is 13.0. The van der Waals surface area contributed by atoms with Crippen LogP contribution < -0.4 is 11.5 Å². The molecule has 0 bridgehead atoms. The van der Waals surface area contributed by atoms with E-state index in [0.29, 0.717) is 4.90 Å². The number of amides is 2. The molecule has 3 aromatic rings. The van der Waals surface area contributed by atoms with Gasteiger partial charge < -0.3 is 26.4 Å². The molecule has 13 nitrogen and oxygen atoms in total. The van der Waals surface area contributed by atoms with Crippen molar-refractivity contribution in [1.29, 1.82) is 0 Å². The number of carboxylic acid groups (broad SMARTS) is 1. The Kier molecular flexibility index (Phi) is 6.00. The van der Waals surface area contributed by atoms with E-state index in [-0.39, 0.29) is 29.8 Å². The number of nitrogen functional groups attached to an aromatic ring is 1. The molecule has 6 N–H and O–H groups in total. The minimum absolute atomic E-state index is 0.0779. The molecule has 33 heavy (non-hydrogen) atoms. The number of imide groups is 1. The van der Waals surface area contributed by atoms with E-state index in [4.69, 9.17) is 16.2 Å². The summed E-state index contributed by atoms with van der Waals surface area (Å²) >= 11 is 0. The van der Waals surface area contributed by atoms with Gasteiger partial charge in [-0.2, -0.15) is 0 Å². The van der Waals surface area contributed by atoms with Gasteiger partial charge in [-0.25, -0.2) is 19.7 Å². The molecule has 1 aliphatic heterocycles. The predicted octanol–water partition coefficient (Wildman–Crippen LogP) is -1.32. The van der Waals surface area contributed by atoms with E-state index >= 15 is 0 Å². The first-order valence-corrected chi connectivity index (χ1v) is 9.89. The summed E-state index contributed by atoms with van der Waals surface area (Å²) in [6, 6.07) is 6.18. The lowest BCUT2D eigenvalue weighted by atomic mass is 10.0. The molecule has 3 heterocycles. The number of nitrogens with zero attached hydrogens (tertiary/aromatic N) is 5. The van der Waals surface area contributed by atoms with Crippen LogP contribution in [0.25, 0.3) is 11.2 Å². The Balaban J connectivity index is 1.64. The average molecular weight is 455 g/mol. The number of anilines is 1. The molecule has 5 atom stereocenters. The second-order valence-electron chi connectivity index (χ2n) is 7.50. The van der Waals surface area contributed by atoms with Crippen molar-refractivity contribution in [2.24, 2.45) is 5.73 Å². The minimum atomic E-state index is -1.72. The molecule has 1 saturated heterocycles. The number of carbonyl (C=O) groups is 3. The van der Waals surface area contributed by atoms with Gasteiger partial charge in [0.25, 0.3) is 0 Å². The molecule has 0 saturated carbocycles. The Morgan fingerprint density at radius 2 is 1.97 bits per heavy atom. The van der Waals surface area contributed by atoms with E-state index in [9.17, 15) is 24.6 Å². The fourth-order valence-corrected chi connectivity index (χ4v) is 3.88. The van der Waals surface area contributed by atoms with Gasteiger partial charge in [0.05, 0.1) is 12.4 Å². The number of carbonyl (C=O) groups excluding carboxylic acids is 2. The van der Waals surface area contributed by atoms with E-state index < -0.39 is 42.4 Å². The van der Waals surface area contributed by atoms with Crippen LogP contribution in [0.5, 0.6) is 0 Å². The molecule has 2 amide bonds. The number of nitrogens with two attached hydrogens (primary N) is 2. The average Bonchev–Trinajstić information content (AvgIpc) is 3.37. The number of aliphatic hydroxyl groups is 1. The number of aliphatic hydroxyl groups excluding tert-OH is 1. The summed E-state index contributed by atoms with van der Waals surface area (Å²) in [5.74, 6) is -2.25. The molecule has 0 unspecified atom stereocenters. The number of carboxylic acids is 1. The third-order valence-corrected chi connectivity index (χ3v) is 5.45. The first kappa shape index (κ1) is 22.3. The highest BCUT2D eigenvalue weighted by Gasteiger charge is 2.53. The Hall–Kier alpha value is -3.94. The fraction of sp³-hybridized carbons (Fsp3) is 0.300. The van der Waals surface area contributed by atoms with Gasteiger partial charge in [0, 0.05) is 0 Å². The van der Waals surface area contributed by atoms with Crippen molar-refractivity contribution in [2.45, 2.75) is 36.9 Å². The molecule has 1 aliphatic rings. The van der Waals surface area contributed by atoms with Crippen LogP contribution >= 0.6 is 0 Å². The highest BCUT2D eigenvalue weighted by Crippen LogP contribution is 2.34. The highest BCUT2D eigenvalue weighted by molar-refractivity contribution is 5.92. The topological polar surface area (TPSA) is 200 Å². The molecule has 1 aromatic carbocycles. The monoisotopic (exact) mass is 455 g/mol. The first-order chi connectivity index (χ1) is 15.8. The number of aromatic nitrogens is 4. The van der Waals surface area contributed by atoms with Crippen molar-refractivity contribution in [3.05, 3.63) is 48.5 Å². The van der Waals surface area contributed by atoms with Gasteiger partial charge in [0.15, 0.2) is 23.8 Å². The minimum Gasteiger partial charge on any atom is -0.479 e. The Labute approximate surface area is 186 Å². The number of hydrogen-bond acceptors (Lipinski definition) is 10. The van der Waals surface area contributed by atoms with Crippen molar-refractivity contribution in [2.75, 3.05) is 5.73 Å². The maximum atomic E-state index is 13.0.